The van der Waals surface area contributed by atoms with Crippen molar-refractivity contribution in [1.29, 1.82) is 0 Å². The lowest BCUT2D eigenvalue weighted by Gasteiger charge is -2.54. The molecule has 1 saturated heterocycles. The molecule has 5 aliphatic rings. The van der Waals surface area contributed by atoms with E-state index in [9.17, 15) is 9.59 Å². The van der Waals surface area contributed by atoms with E-state index in [1.54, 1.807) is 0 Å². The highest BCUT2D eigenvalue weighted by molar-refractivity contribution is 6.71. The number of fused-ring (bicyclic) bond motifs is 1. The maximum absolute atomic E-state index is 14.4. The average molecular weight is 683 g/mol. The van der Waals surface area contributed by atoms with Gasteiger partial charge in [0.2, 0.25) is 0 Å². The Morgan fingerprint density at radius 3 is 1.95 bits per heavy atom. The van der Waals surface area contributed by atoms with Gasteiger partial charge in [0.1, 0.15) is 11.2 Å². The second-order valence-corrected chi connectivity index (χ2v) is 36.3. The highest BCUT2D eigenvalue weighted by Crippen LogP contribution is 2.79. The van der Waals surface area contributed by atoms with Crippen LogP contribution >= 0.6 is 0 Å². The van der Waals surface area contributed by atoms with Crippen molar-refractivity contribution >= 4 is 45.2 Å². The number of carbonyl (C=O) groups is 2. The molecular formula is C32H58O8Si4. The molecule has 0 N–H and O–H groups in total. The van der Waals surface area contributed by atoms with Crippen LogP contribution in [0.2, 0.25) is 78.6 Å². The first kappa shape index (κ1) is 34.7. The smallest absolute Gasteiger partial charge is 0.315 e. The minimum atomic E-state index is -2.16. The molecule has 12 heteroatoms. The summed E-state index contributed by atoms with van der Waals surface area (Å²) < 4.78 is 40.6. The Labute approximate surface area is 269 Å². The van der Waals surface area contributed by atoms with Gasteiger partial charge in [-0.15, -0.1) is 0 Å². The van der Waals surface area contributed by atoms with E-state index >= 15 is 0 Å². The largest absolute Gasteiger partial charge is 0.469 e. The van der Waals surface area contributed by atoms with Crippen LogP contribution in [0.5, 0.6) is 0 Å². The number of hydrogen-bond acceptors (Lipinski definition) is 8. The fourth-order valence-corrected chi connectivity index (χ4v) is 15.0. The molecule has 0 aromatic carbocycles. The molecule has 1 aliphatic heterocycles. The Balaban J connectivity index is 1.75. The summed E-state index contributed by atoms with van der Waals surface area (Å²) in [6.07, 6.45) is 1.32. The Morgan fingerprint density at radius 2 is 1.45 bits per heavy atom. The molecule has 4 aliphatic carbocycles. The molecule has 0 amide bonds. The van der Waals surface area contributed by atoms with Crippen LogP contribution < -0.4 is 0 Å². The van der Waals surface area contributed by atoms with E-state index in [0.717, 1.165) is 5.57 Å². The molecule has 0 aromatic heterocycles. The van der Waals surface area contributed by atoms with Gasteiger partial charge in [0.25, 0.3) is 0 Å². The summed E-state index contributed by atoms with van der Waals surface area (Å²) in [5, 5.41) is 0. The molecule has 1 heterocycles. The first-order valence-corrected chi connectivity index (χ1v) is 30.1. The SMILES string of the molecule is C=C1C[C@]23C[C@@]1(O[Si](C)(C)C)[C@@H](O[Si](C)(C)C)CC2[C@@]12C[C@H](O[Si](C)(C)C)[C@H](O[Si](C)(C)C)C(C)(C(=O)O1)C2[C@@H]3C(=O)OC. The van der Waals surface area contributed by atoms with Crippen LogP contribution in [0.25, 0.3) is 0 Å². The first-order valence-electron chi connectivity index (χ1n) is 16.5. The van der Waals surface area contributed by atoms with Crippen molar-refractivity contribution in [2.24, 2.45) is 28.6 Å². The maximum Gasteiger partial charge on any atom is 0.315 e. The molecule has 8 nitrogen and oxygen atoms in total. The molecule has 4 bridgehead atoms. The van der Waals surface area contributed by atoms with E-state index in [4.69, 9.17) is 27.2 Å². The maximum atomic E-state index is 14.4. The zero-order valence-corrected chi connectivity index (χ0v) is 33.8. The van der Waals surface area contributed by atoms with Gasteiger partial charge in [-0.2, -0.15) is 0 Å². The van der Waals surface area contributed by atoms with Crippen LogP contribution in [-0.4, -0.2) is 81.8 Å². The summed E-state index contributed by atoms with van der Waals surface area (Å²) in [6.45, 7) is 32.9. The van der Waals surface area contributed by atoms with Crippen molar-refractivity contribution in [1.82, 2.24) is 0 Å². The van der Waals surface area contributed by atoms with Gasteiger partial charge in [-0.3, -0.25) is 9.59 Å². The molecule has 5 rings (SSSR count). The predicted octanol–water partition coefficient (Wildman–Crippen LogP) is 6.72. The Bertz CT molecular complexity index is 1230. The van der Waals surface area contributed by atoms with Crippen molar-refractivity contribution in [2.75, 3.05) is 7.11 Å². The fourth-order valence-electron chi connectivity index (χ4n) is 10.1. The van der Waals surface area contributed by atoms with Gasteiger partial charge in [-0.1, -0.05) is 6.58 Å². The standard InChI is InChI=1S/C32H58O8Si4/c1-20-17-30-19-32(20,40-44(13,14)15)23(38-42(7,8)9)16-22(30)31-18-21(37-41(4,5)6)26(39-43(10,11)12)29(2,28(34)36-31)25(31)24(30)27(33)35-3/h21-26H,1,16-19H2,2-15H3/t21-,22?,23-,24+,25?,26-,29?,30-,31+,32-/m0/s1. The number of ether oxygens (including phenoxy) is 2. The third kappa shape index (κ3) is 5.25. The van der Waals surface area contributed by atoms with Crippen LogP contribution in [0.3, 0.4) is 0 Å². The lowest BCUT2D eigenvalue weighted by Crippen LogP contribution is -2.64. The monoisotopic (exact) mass is 682 g/mol. The summed E-state index contributed by atoms with van der Waals surface area (Å²) in [5.74, 6) is -1.65. The summed E-state index contributed by atoms with van der Waals surface area (Å²) in [4.78, 5) is 28.7. The van der Waals surface area contributed by atoms with Crippen LogP contribution in [0.4, 0.5) is 0 Å². The molecule has 3 unspecified atom stereocenters. The van der Waals surface area contributed by atoms with Gasteiger partial charge in [-0.25, -0.2) is 0 Å². The van der Waals surface area contributed by atoms with Gasteiger partial charge in [-0.05, 0) is 116 Å². The summed E-state index contributed by atoms with van der Waals surface area (Å²) in [5.41, 5.74) is -2.19. The lowest BCUT2D eigenvalue weighted by atomic mass is 9.58. The third-order valence-electron chi connectivity index (χ3n) is 10.7. The van der Waals surface area contributed by atoms with E-state index in [2.05, 4.69) is 85.1 Å². The Kier molecular flexibility index (Phi) is 8.04. The number of rotatable bonds is 9. The molecule has 250 valence electrons. The average Bonchev–Trinajstić information content (AvgIpc) is 3.25. The van der Waals surface area contributed by atoms with Gasteiger partial charge in [0.15, 0.2) is 33.3 Å². The molecule has 10 atom stereocenters. The normalized spacial score (nSPS) is 43.5. The number of methoxy groups -OCH3 is 1. The molecule has 0 radical (unpaired) electrons. The van der Waals surface area contributed by atoms with E-state index in [1.165, 1.54) is 7.11 Å². The van der Waals surface area contributed by atoms with Gasteiger partial charge in [0, 0.05) is 18.3 Å². The molecule has 44 heavy (non-hydrogen) atoms. The zero-order chi connectivity index (χ0) is 33.3. The van der Waals surface area contributed by atoms with Gasteiger partial charge in [0.05, 0.1) is 36.8 Å². The van der Waals surface area contributed by atoms with E-state index in [0.29, 0.717) is 25.7 Å². The molecular weight excluding hydrogens is 625 g/mol. The van der Waals surface area contributed by atoms with Crippen molar-refractivity contribution in [3.05, 3.63) is 12.2 Å². The summed E-state index contributed by atoms with van der Waals surface area (Å²) in [6, 6.07) is 0. The van der Waals surface area contributed by atoms with Crippen LogP contribution in [0.15, 0.2) is 12.2 Å². The summed E-state index contributed by atoms with van der Waals surface area (Å²) >= 11 is 0. The molecule has 4 saturated carbocycles. The Morgan fingerprint density at radius 1 is 0.886 bits per heavy atom. The molecule has 0 aromatic rings. The van der Waals surface area contributed by atoms with Crippen LogP contribution in [0.1, 0.15) is 32.6 Å². The van der Waals surface area contributed by atoms with Gasteiger partial charge >= 0.3 is 11.9 Å². The van der Waals surface area contributed by atoms with E-state index in [-0.39, 0.29) is 30.1 Å². The van der Waals surface area contributed by atoms with Crippen molar-refractivity contribution in [2.45, 2.75) is 141 Å². The molecule has 1 spiro atoms. The minimum Gasteiger partial charge on any atom is -0.469 e. The topological polar surface area (TPSA) is 89.5 Å². The van der Waals surface area contributed by atoms with E-state index in [1.807, 2.05) is 6.92 Å². The highest BCUT2D eigenvalue weighted by atomic mass is 28.4. The predicted molar refractivity (Wildman–Crippen MR) is 181 cm³/mol. The van der Waals surface area contributed by atoms with Crippen molar-refractivity contribution < 1.29 is 36.8 Å². The third-order valence-corrected chi connectivity index (χ3v) is 14.6. The number of hydrogen-bond donors (Lipinski definition) is 0. The van der Waals surface area contributed by atoms with Crippen LogP contribution in [0, 0.1) is 28.6 Å². The second-order valence-electron chi connectivity index (χ2n) is 18.5. The first-order chi connectivity index (χ1) is 19.7. The zero-order valence-electron chi connectivity index (χ0n) is 29.8. The van der Waals surface area contributed by atoms with Crippen molar-refractivity contribution in [3.8, 4) is 0 Å². The summed E-state index contributed by atoms with van der Waals surface area (Å²) in [7, 11) is -6.90. The van der Waals surface area contributed by atoms with E-state index < -0.39 is 73.2 Å². The van der Waals surface area contributed by atoms with Crippen molar-refractivity contribution in [3.63, 3.8) is 0 Å². The lowest BCUT2D eigenvalue weighted by molar-refractivity contribution is -0.170. The quantitative estimate of drug-likeness (QED) is 0.151. The van der Waals surface area contributed by atoms with Gasteiger partial charge < -0.3 is 27.2 Å². The van der Waals surface area contributed by atoms with Crippen LogP contribution in [-0.2, 0) is 36.8 Å². The molecule has 5 fully saturated rings. The second kappa shape index (κ2) is 10.2. The number of carbonyl (C=O) groups excluding carboxylic acids is 2. The highest BCUT2D eigenvalue weighted by Gasteiger charge is 2.87. The minimum absolute atomic E-state index is 0.130. The Hall–Kier alpha value is -0.612. The fraction of sp³-hybridized carbons (Fsp3) is 0.875. The number of esters is 2.